The normalized spacial score (nSPS) is 11.4. The Morgan fingerprint density at radius 1 is 1.12 bits per heavy atom. The summed E-state index contributed by atoms with van der Waals surface area (Å²) >= 11 is 0. The Hall–Kier alpha value is -3.62. The van der Waals surface area contributed by atoms with Crippen LogP contribution in [0, 0.1) is 0 Å². The van der Waals surface area contributed by atoms with Gasteiger partial charge in [-0.3, -0.25) is 4.79 Å². The minimum atomic E-state index is -2.97. The third-order valence-corrected chi connectivity index (χ3v) is 4.30. The van der Waals surface area contributed by atoms with Crippen molar-refractivity contribution in [3.05, 3.63) is 59.7 Å². The topological polar surface area (TPSA) is 77.1 Å². The van der Waals surface area contributed by atoms with Gasteiger partial charge in [0.25, 0.3) is 0 Å². The molecule has 0 fully saturated rings. The summed E-state index contributed by atoms with van der Waals surface area (Å²) in [5.74, 6) is -0.333. The highest BCUT2D eigenvalue weighted by Gasteiger charge is 2.20. The van der Waals surface area contributed by atoms with E-state index in [9.17, 15) is 18.4 Å². The van der Waals surface area contributed by atoms with Crippen molar-refractivity contribution in [3.63, 3.8) is 0 Å². The second-order valence-electron chi connectivity index (χ2n) is 8.33. The molecule has 0 aliphatic rings. The first-order valence-electron chi connectivity index (χ1n) is 10.7. The number of rotatable bonds is 9. The second kappa shape index (κ2) is 12.0. The Morgan fingerprint density at radius 2 is 1.82 bits per heavy atom. The molecule has 34 heavy (non-hydrogen) atoms. The Morgan fingerprint density at radius 3 is 2.47 bits per heavy atom. The van der Waals surface area contributed by atoms with Crippen molar-refractivity contribution in [1.29, 1.82) is 0 Å². The Kier molecular flexibility index (Phi) is 9.41. The number of anilines is 1. The van der Waals surface area contributed by atoms with E-state index in [0.717, 1.165) is 5.56 Å². The van der Waals surface area contributed by atoms with Gasteiger partial charge in [0.15, 0.2) is 11.5 Å². The van der Waals surface area contributed by atoms with Crippen LogP contribution in [0.5, 0.6) is 11.5 Å². The molecule has 2 amide bonds. The molecule has 0 bridgehead atoms. The van der Waals surface area contributed by atoms with Gasteiger partial charge in [-0.15, -0.1) is 0 Å². The fourth-order valence-electron chi connectivity index (χ4n) is 2.88. The molecule has 2 aromatic carbocycles. The predicted molar refractivity (Wildman–Crippen MR) is 126 cm³/mol. The van der Waals surface area contributed by atoms with Crippen molar-refractivity contribution in [2.24, 2.45) is 0 Å². The molecule has 0 spiro atoms. The summed E-state index contributed by atoms with van der Waals surface area (Å²) in [6.45, 7) is 4.61. The van der Waals surface area contributed by atoms with E-state index in [0.29, 0.717) is 11.3 Å². The van der Waals surface area contributed by atoms with Crippen LogP contribution in [0.1, 0.15) is 38.8 Å². The highest BCUT2D eigenvalue weighted by molar-refractivity contribution is 6.02. The lowest BCUT2D eigenvalue weighted by atomic mass is 10.1. The minimum Gasteiger partial charge on any atom is -0.490 e. The van der Waals surface area contributed by atoms with Crippen LogP contribution in [0.2, 0.25) is 0 Å². The van der Waals surface area contributed by atoms with E-state index in [2.05, 4.69) is 10.1 Å². The molecule has 9 heteroatoms. The number of hydrogen-bond donors (Lipinski definition) is 1. The minimum absolute atomic E-state index is 0.0820. The summed E-state index contributed by atoms with van der Waals surface area (Å²) in [5.41, 5.74) is 1.22. The van der Waals surface area contributed by atoms with Gasteiger partial charge in [0.2, 0.25) is 5.91 Å². The lowest BCUT2D eigenvalue weighted by molar-refractivity contribution is -0.111. The molecule has 2 rings (SSSR count). The predicted octanol–water partition coefficient (Wildman–Crippen LogP) is 5.71. The highest BCUT2D eigenvalue weighted by Crippen LogP contribution is 2.30. The zero-order chi connectivity index (χ0) is 25.3. The summed E-state index contributed by atoms with van der Waals surface area (Å²) in [5, 5.41) is 2.79. The number of ether oxygens (including phenoxy) is 3. The standard InChI is InChI=1S/C25H30F2N2O5/c1-6-32-21-15-17(11-13-20(21)33-23(26)27)12-14-22(30)28-19-10-8-7-9-18(19)16-29(5)24(31)34-25(2,3)4/h7-15,23H,6,16H2,1-5H3,(H,28,30)/b14-12-. The van der Waals surface area contributed by atoms with E-state index >= 15 is 0 Å². The Bertz CT molecular complexity index is 1020. The molecule has 0 unspecified atom stereocenters. The van der Waals surface area contributed by atoms with E-state index in [1.165, 1.54) is 35.3 Å². The maximum absolute atomic E-state index is 12.6. The monoisotopic (exact) mass is 476 g/mol. The van der Waals surface area contributed by atoms with Gasteiger partial charge in [-0.25, -0.2) is 4.79 Å². The second-order valence-corrected chi connectivity index (χ2v) is 8.33. The number of carbonyl (C=O) groups is 2. The van der Waals surface area contributed by atoms with Crippen LogP contribution in [0.4, 0.5) is 19.3 Å². The quantitative estimate of drug-likeness (QED) is 0.470. The van der Waals surface area contributed by atoms with Gasteiger partial charge in [-0.1, -0.05) is 24.3 Å². The van der Waals surface area contributed by atoms with Crippen LogP contribution >= 0.6 is 0 Å². The van der Waals surface area contributed by atoms with Crippen LogP contribution in [0.3, 0.4) is 0 Å². The number of halogens is 2. The van der Waals surface area contributed by atoms with Gasteiger partial charge < -0.3 is 24.4 Å². The Labute approximate surface area is 198 Å². The fourth-order valence-corrected chi connectivity index (χ4v) is 2.88. The number of hydrogen-bond acceptors (Lipinski definition) is 5. The van der Waals surface area contributed by atoms with E-state index in [1.54, 1.807) is 52.9 Å². The number of alkyl halides is 2. The number of para-hydroxylation sites is 1. The van der Waals surface area contributed by atoms with Gasteiger partial charge in [0.1, 0.15) is 5.60 Å². The van der Waals surface area contributed by atoms with Crippen LogP contribution in [-0.2, 0) is 16.1 Å². The summed E-state index contributed by atoms with van der Waals surface area (Å²) in [6.07, 6.45) is 2.37. The third-order valence-electron chi connectivity index (χ3n) is 4.30. The van der Waals surface area contributed by atoms with Crippen molar-refractivity contribution in [3.8, 4) is 11.5 Å². The highest BCUT2D eigenvalue weighted by atomic mass is 19.3. The zero-order valence-electron chi connectivity index (χ0n) is 19.9. The molecule has 0 aromatic heterocycles. The number of benzene rings is 2. The molecule has 1 N–H and O–H groups in total. The molecule has 7 nitrogen and oxygen atoms in total. The molecule has 184 valence electrons. The number of nitrogens with one attached hydrogen (secondary N) is 1. The summed E-state index contributed by atoms with van der Waals surface area (Å²) in [6, 6.07) is 11.5. The van der Waals surface area contributed by atoms with Crippen molar-refractivity contribution in [1.82, 2.24) is 4.90 Å². The third kappa shape index (κ3) is 8.73. The first kappa shape index (κ1) is 26.6. The first-order chi connectivity index (χ1) is 16.0. The van der Waals surface area contributed by atoms with E-state index in [4.69, 9.17) is 9.47 Å². The van der Waals surface area contributed by atoms with Crippen LogP contribution in [0.15, 0.2) is 48.5 Å². The molecule has 0 saturated carbocycles. The summed E-state index contributed by atoms with van der Waals surface area (Å²) in [7, 11) is 1.62. The maximum Gasteiger partial charge on any atom is 0.410 e. The van der Waals surface area contributed by atoms with Crippen molar-refractivity contribution in [2.45, 2.75) is 46.5 Å². The van der Waals surface area contributed by atoms with Crippen LogP contribution < -0.4 is 14.8 Å². The van der Waals surface area contributed by atoms with Crippen molar-refractivity contribution < 1.29 is 32.6 Å². The lowest BCUT2D eigenvalue weighted by Crippen LogP contribution is -2.34. The zero-order valence-corrected chi connectivity index (χ0v) is 19.9. The van der Waals surface area contributed by atoms with Gasteiger partial charge in [0.05, 0.1) is 13.2 Å². The number of nitrogens with zero attached hydrogens (tertiary/aromatic N) is 1. The molecular weight excluding hydrogens is 446 g/mol. The smallest absolute Gasteiger partial charge is 0.410 e. The average Bonchev–Trinajstić information content (AvgIpc) is 2.74. The number of amides is 2. The average molecular weight is 477 g/mol. The van der Waals surface area contributed by atoms with Crippen LogP contribution in [0.25, 0.3) is 6.08 Å². The largest absolute Gasteiger partial charge is 0.490 e. The molecule has 0 aliphatic heterocycles. The van der Waals surface area contributed by atoms with E-state index in [-0.39, 0.29) is 24.7 Å². The molecule has 0 heterocycles. The van der Waals surface area contributed by atoms with Crippen molar-refractivity contribution in [2.75, 3.05) is 19.0 Å². The molecule has 0 atom stereocenters. The summed E-state index contributed by atoms with van der Waals surface area (Å²) in [4.78, 5) is 26.2. The molecule has 0 saturated heterocycles. The SMILES string of the molecule is CCOc1cc(/C=C\C(=O)Nc2ccccc2CN(C)C(=O)OC(C)(C)C)ccc1OC(F)F. The molecule has 0 aliphatic carbocycles. The van der Waals surface area contributed by atoms with Gasteiger partial charge in [-0.2, -0.15) is 8.78 Å². The lowest BCUT2D eigenvalue weighted by Gasteiger charge is -2.25. The van der Waals surface area contributed by atoms with E-state index < -0.39 is 24.2 Å². The van der Waals surface area contributed by atoms with E-state index in [1.807, 2.05) is 6.07 Å². The van der Waals surface area contributed by atoms with Gasteiger partial charge >= 0.3 is 12.7 Å². The van der Waals surface area contributed by atoms with Gasteiger partial charge in [-0.05, 0) is 63.1 Å². The summed E-state index contributed by atoms with van der Waals surface area (Å²) < 4.78 is 40.3. The number of carbonyl (C=O) groups excluding carboxylic acids is 2. The van der Waals surface area contributed by atoms with Crippen molar-refractivity contribution >= 4 is 23.8 Å². The molecule has 0 radical (unpaired) electrons. The van der Waals surface area contributed by atoms with Crippen LogP contribution in [-0.4, -0.2) is 42.8 Å². The molecular formula is C25H30F2N2O5. The fraction of sp³-hybridized carbons (Fsp3) is 0.360. The van der Waals surface area contributed by atoms with Gasteiger partial charge in [0, 0.05) is 18.8 Å². The molecule has 2 aromatic rings. The maximum atomic E-state index is 12.6. The first-order valence-corrected chi connectivity index (χ1v) is 10.7. The Balaban J connectivity index is 2.09.